The molecule has 0 radical (unpaired) electrons. The minimum absolute atomic E-state index is 0.189. The number of anilines is 3. The summed E-state index contributed by atoms with van der Waals surface area (Å²) in [5.41, 5.74) is 1.21. The van der Waals surface area contributed by atoms with Gasteiger partial charge in [0, 0.05) is 36.9 Å². The van der Waals surface area contributed by atoms with Crippen molar-refractivity contribution >= 4 is 60.5 Å². The molecule has 0 bridgehead atoms. The Hall–Kier alpha value is -3.24. The smallest absolute Gasteiger partial charge is 0.265 e. The van der Waals surface area contributed by atoms with Gasteiger partial charge in [-0.1, -0.05) is 17.4 Å². The number of rotatable bonds is 8. The number of fused-ring (bicyclic) bond motifs is 1. The average Bonchev–Trinajstić information content (AvgIpc) is 3.51. The molecule has 1 atom stereocenters. The molecule has 0 spiro atoms. The van der Waals surface area contributed by atoms with Crippen LogP contribution in [0.4, 0.5) is 16.5 Å². The molecule has 0 fully saturated rings. The Bertz CT molecular complexity index is 1200. The van der Waals surface area contributed by atoms with Crippen LogP contribution in [0.25, 0.3) is 9.53 Å². The maximum absolute atomic E-state index is 12.8. The molecule has 2 amide bonds. The van der Waals surface area contributed by atoms with Crippen molar-refractivity contribution in [3.8, 4) is 0 Å². The summed E-state index contributed by atoms with van der Waals surface area (Å²) in [6.07, 6.45) is 3.38. The van der Waals surface area contributed by atoms with Crippen LogP contribution in [-0.2, 0) is 4.79 Å². The zero-order chi connectivity index (χ0) is 22.7. The molecule has 32 heavy (non-hydrogen) atoms. The van der Waals surface area contributed by atoms with Gasteiger partial charge in [-0.3, -0.25) is 14.3 Å². The van der Waals surface area contributed by atoms with Crippen LogP contribution in [0.3, 0.4) is 0 Å². The molecule has 0 aliphatic rings. The average molecular weight is 469 g/mol. The van der Waals surface area contributed by atoms with E-state index in [1.165, 1.54) is 11.3 Å². The van der Waals surface area contributed by atoms with Crippen molar-refractivity contribution in [2.24, 2.45) is 0 Å². The first-order chi connectivity index (χ1) is 15.5. The molecule has 2 N–H and O–H groups in total. The number of benzene rings is 1. The highest BCUT2D eigenvalue weighted by Gasteiger charge is 2.17. The zero-order valence-corrected chi connectivity index (χ0v) is 19.7. The van der Waals surface area contributed by atoms with Gasteiger partial charge in [0.2, 0.25) is 5.91 Å². The Morgan fingerprint density at radius 3 is 2.50 bits per heavy atom. The van der Waals surface area contributed by atoms with Gasteiger partial charge in [-0.05, 0) is 51.1 Å². The summed E-state index contributed by atoms with van der Waals surface area (Å²) in [5, 5.41) is 10.9. The van der Waals surface area contributed by atoms with Gasteiger partial charge in [-0.25, -0.2) is 4.98 Å². The predicted molar refractivity (Wildman–Crippen MR) is 131 cm³/mol. The van der Waals surface area contributed by atoms with Crippen LogP contribution in [0.5, 0.6) is 0 Å². The van der Waals surface area contributed by atoms with E-state index in [2.05, 4.69) is 39.5 Å². The minimum atomic E-state index is -0.448. The summed E-state index contributed by atoms with van der Waals surface area (Å²) >= 11 is 2.98. The number of nitrogens with one attached hydrogen (secondary N) is 2. The lowest BCUT2D eigenvalue weighted by molar-refractivity contribution is -0.119. The van der Waals surface area contributed by atoms with Gasteiger partial charge in [0.1, 0.15) is 10.9 Å². The molecular weight excluding hydrogens is 444 g/mol. The third-order valence-electron chi connectivity index (χ3n) is 5.02. The van der Waals surface area contributed by atoms with E-state index >= 15 is 0 Å². The molecule has 4 aromatic rings. The van der Waals surface area contributed by atoms with Crippen molar-refractivity contribution in [1.82, 2.24) is 14.8 Å². The van der Waals surface area contributed by atoms with Gasteiger partial charge in [0.25, 0.3) is 5.91 Å². The van der Waals surface area contributed by atoms with Crippen molar-refractivity contribution in [2.45, 2.75) is 26.8 Å². The summed E-state index contributed by atoms with van der Waals surface area (Å²) in [6, 6.07) is 10.3. The summed E-state index contributed by atoms with van der Waals surface area (Å²) in [6.45, 7) is 7.78. The third kappa shape index (κ3) is 4.66. The molecule has 4 rings (SSSR count). The molecular formula is C22H24N6O2S2. The molecule has 3 heterocycles. The lowest BCUT2D eigenvalue weighted by Crippen LogP contribution is -2.24. The van der Waals surface area contributed by atoms with E-state index in [0.717, 1.165) is 27.8 Å². The molecule has 166 valence electrons. The molecule has 1 unspecified atom stereocenters. The van der Waals surface area contributed by atoms with Crippen LogP contribution >= 0.6 is 22.7 Å². The number of hydrogen-bond acceptors (Lipinski definition) is 7. The second-order valence-electron chi connectivity index (χ2n) is 7.14. The first-order valence-electron chi connectivity index (χ1n) is 10.3. The van der Waals surface area contributed by atoms with Gasteiger partial charge >= 0.3 is 0 Å². The molecule has 3 aromatic heterocycles. The van der Waals surface area contributed by atoms with E-state index in [0.29, 0.717) is 16.3 Å². The Morgan fingerprint density at radius 2 is 1.84 bits per heavy atom. The van der Waals surface area contributed by atoms with Crippen LogP contribution in [0, 0.1) is 0 Å². The number of nitrogens with zero attached hydrogens (tertiary/aromatic N) is 4. The van der Waals surface area contributed by atoms with Crippen molar-refractivity contribution in [3.63, 3.8) is 0 Å². The van der Waals surface area contributed by atoms with Crippen LogP contribution in [0.1, 0.15) is 36.5 Å². The van der Waals surface area contributed by atoms with E-state index in [1.807, 2.05) is 6.07 Å². The fourth-order valence-corrected chi connectivity index (χ4v) is 5.44. The summed E-state index contributed by atoms with van der Waals surface area (Å²) in [7, 11) is 0. The molecule has 0 saturated carbocycles. The van der Waals surface area contributed by atoms with Gasteiger partial charge in [-0.15, -0.1) is 11.3 Å². The van der Waals surface area contributed by atoms with Crippen molar-refractivity contribution in [1.29, 1.82) is 0 Å². The first kappa shape index (κ1) is 22.0. The van der Waals surface area contributed by atoms with Crippen LogP contribution in [0.15, 0.2) is 48.8 Å². The fraction of sp³-hybridized carbons (Fsp3) is 0.273. The highest BCUT2D eigenvalue weighted by atomic mass is 32.1. The van der Waals surface area contributed by atoms with Crippen LogP contribution in [-0.4, -0.2) is 39.7 Å². The topological polar surface area (TPSA) is 92.2 Å². The Morgan fingerprint density at radius 1 is 1.09 bits per heavy atom. The second-order valence-corrected chi connectivity index (χ2v) is 9.17. The molecule has 10 heteroatoms. The number of carbonyl (C=O) groups excluding carboxylic acids is 2. The Balaban J connectivity index is 1.43. The maximum Gasteiger partial charge on any atom is 0.265 e. The number of amides is 2. The highest BCUT2D eigenvalue weighted by molar-refractivity contribution is 7.29. The Kier molecular flexibility index (Phi) is 6.52. The number of thiophene rings is 1. The highest BCUT2D eigenvalue weighted by Crippen LogP contribution is 2.35. The van der Waals surface area contributed by atoms with E-state index in [9.17, 15) is 9.59 Å². The van der Waals surface area contributed by atoms with Crippen molar-refractivity contribution in [3.05, 3.63) is 53.7 Å². The van der Waals surface area contributed by atoms with Gasteiger partial charge in [0.05, 0.1) is 9.58 Å². The predicted octanol–water partition coefficient (Wildman–Crippen LogP) is 4.85. The monoisotopic (exact) mass is 468 g/mol. The minimum Gasteiger partial charge on any atom is -0.349 e. The zero-order valence-electron chi connectivity index (χ0n) is 18.0. The number of hydrogen-bond donors (Lipinski definition) is 2. The van der Waals surface area contributed by atoms with Gasteiger partial charge in [0.15, 0.2) is 5.13 Å². The fourth-order valence-electron chi connectivity index (χ4n) is 3.21. The van der Waals surface area contributed by atoms with E-state index in [1.54, 1.807) is 65.7 Å². The SMILES string of the molecule is CCN(CC)c1nc2sc(C(=O)Nc3cccc(NC(=O)C(C)n4cccn4)c3)cc2s1. The van der Waals surface area contributed by atoms with E-state index < -0.39 is 6.04 Å². The van der Waals surface area contributed by atoms with Crippen LogP contribution < -0.4 is 15.5 Å². The lowest BCUT2D eigenvalue weighted by atomic mass is 10.2. The summed E-state index contributed by atoms with van der Waals surface area (Å²) < 4.78 is 2.60. The lowest BCUT2D eigenvalue weighted by Gasteiger charge is -2.16. The van der Waals surface area contributed by atoms with Crippen molar-refractivity contribution < 1.29 is 9.59 Å². The second kappa shape index (κ2) is 9.49. The standard InChI is InChI=1S/C22H24N6O2S2/c1-4-27(5-2)22-26-21-18(32-22)13-17(31-21)20(30)25-16-9-6-8-15(12-16)24-19(29)14(3)28-11-7-10-23-28/h6-14H,4-5H2,1-3H3,(H,24,29)(H,25,30). The number of carbonyl (C=O) groups is 2. The largest absolute Gasteiger partial charge is 0.349 e. The van der Waals surface area contributed by atoms with Crippen molar-refractivity contribution in [2.75, 3.05) is 28.6 Å². The molecule has 0 aliphatic carbocycles. The molecule has 0 aliphatic heterocycles. The summed E-state index contributed by atoms with van der Waals surface area (Å²) in [4.78, 5) is 33.6. The van der Waals surface area contributed by atoms with E-state index in [4.69, 9.17) is 0 Å². The molecule has 0 saturated heterocycles. The van der Waals surface area contributed by atoms with E-state index in [-0.39, 0.29) is 11.8 Å². The molecule has 1 aromatic carbocycles. The number of thiazole rings is 1. The quantitative estimate of drug-likeness (QED) is 0.386. The van der Waals surface area contributed by atoms with Gasteiger partial charge < -0.3 is 15.5 Å². The maximum atomic E-state index is 12.8. The third-order valence-corrected chi connectivity index (χ3v) is 7.24. The first-order valence-corrected chi connectivity index (χ1v) is 12.0. The van der Waals surface area contributed by atoms with Crippen LogP contribution in [0.2, 0.25) is 0 Å². The molecule has 8 nitrogen and oxygen atoms in total. The summed E-state index contributed by atoms with van der Waals surface area (Å²) in [5.74, 6) is -0.385. The Labute approximate surface area is 193 Å². The van der Waals surface area contributed by atoms with Gasteiger partial charge in [-0.2, -0.15) is 5.10 Å². The number of aromatic nitrogens is 3. The normalized spacial score (nSPS) is 12.0.